The number of aryl methyl sites for hydroxylation is 1. The van der Waals surface area contributed by atoms with Crippen molar-refractivity contribution in [3.05, 3.63) is 52.1 Å². The summed E-state index contributed by atoms with van der Waals surface area (Å²) in [5.74, 6) is 0.326. The van der Waals surface area contributed by atoms with Crippen molar-refractivity contribution in [3.63, 3.8) is 0 Å². The van der Waals surface area contributed by atoms with E-state index in [1.807, 2.05) is 38.1 Å². The molecule has 0 radical (unpaired) electrons. The van der Waals surface area contributed by atoms with E-state index in [1.54, 1.807) is 12.1 Å². The number of anilines is 1. The number of hydrogen-bond acceptors (Lipinski definition) is 6. The van der Waals surface area contributed by atoms with Gasteiger partial charge in [0.2, 0.25) is 0 Å². The molecule has 0 aliphatic rings. The molecule has 0 saturated carbocycles. The van der Waals surface area contributed by atoms with Crippen molar-refractivity contribution < 1.29 is 4.79 Å². The molecule has 1 aromatic carbocycles. The number of aromatic nitrogens is 1. The highest BCUT2D eigenvalue weighted by Crippen LogP contribution is 2.30. The molecular formula is C18H16N4OS. The second-order valence-electron chi connectivity index (χ2n) is 5.19. The van der Waals surface area contributed by atoms with Gasteiger partial charge >= 0.3 is 0 Å². The number of benzene rings is 1. The molecule has 120 valence electrons. The van der Waals surface area contributed by atoms with E-state index in [4.69, 9.17) is 5.73 Å². The van der Waals surface area contributed by atoms with Crippen LogP contribution in [0.2, 0.25) is 0 Å². The van der Waals surface area contributed by atoms with Crippen LogP contribution in [0.3, 0.4) is 0 Å². The Balaban J connectivity index is 2.68. The van der Waals surface area contributed by atoms with Crippen molar-refractivity contribution >= 4 is 23.4 Å². The predicted molar refractivity (Wildman–Crippen MR) is 93.7 cm³/mol. The third kappa shape index (κ3) is 3.40. The molecule has 6 heteroatoms. The highest BCUT2D eigenvalue weighted by Gasteiger charge is 2.25. The first-order valence-corrected chi connectivity index (χ1v) is 8.39. The lowest BCUT2D eigenvalue weighted by Gasteiger charge is -2.12. The van der Waals surface area contributed by atoms with E-state index < -0.39 is 5.78 Å². The van der Waals surface area contributed by atoms with Crippen LogP contribution in [0.25, 0.3) is 0 Å². The molecule has 0 aliphatic heterocycles. The van der Waals surface area contributed by atoms with Gasteiger partial charge in [0, 0.05) is 5.56 Å². The number of pyridine rings is 1. The molecular weight excluding hydrogens is 320 g/mol. The molecule has 2 aromatic rings. The fourth-order valence-corrected chi connectivity index (χ4v) is 3.03. The van der Waals surface area contributed by atoms with Crippen LogP contribution in [0.4, 0.5) is 5.82 Å². The minimum Gasteiger partial charge on any atom is -0.383 e. The summed E-state index contributed by atoms with van der Waals surface area (Å²) in [5.41, 5.74) is 7.39. The first kappa shape index (κ1) is 17.5. The fourth-order valence-electron chi connectivity index (χ4n) is 2.18. The van der Waals surface area contributed by atoms with Crippen molar-refractivity contribution in [2.24, 2.45) is 0 Å². The monoisotopic (exact) mass is 336 g/mol. The molecule has 0 saturated heterocycles. The van der Waals surface area contributed by atoms with Crippen molar-refractivity contribution in [2.45, 2.75) is 25.3 Å². The molecule has 0 unspecified atom stereocenters. The molecule has 2 N–H and O–H groups in total. The van der Waals surface area contributed by atoms with E-state index >= 15 is 0 Å². The maximum absolute atomic E-state index is 12.9. The molecule has 2 rings (SSSR count). The van der Waals surface area contributed by atoms with Crippen LogP contribution in [0.5, 0.6) is 0 Å². The van der Waals surface area contributed by atoms with Crippen LogP contribution in [-0.4, -0.2) is 16.5 Å². The Hall–Kier alpha value is -2.83. The van der Waals surface area contributed by atoms with Crippen LogP contribution >= 0.6 is 11.8 Å². The molecule has 5 nitrogen and oxygen atoms in total. The van der Waals surface area contributed by atoms with Gasteiger partial charge in [-0.15, -0.1) is 11.8 Å². The second kappa shape index (κ2) is 7.63. The van der Waals surface area contributed by atoms with Gasteiger partial charge in [0.1, 0.15) is 28.5 Å². The van der Waals surface area contributed by atoms with Crippen LogP contribution < -0.4 is 5.73 Å². The number of carbonyl (C=O) groups is 1. The maximum atomic E-state index is 12.9. The zero-order chi connectivity index (χ0) is 17.7. The summed E-state index contributed by atoms with van der Waals surface area (Å²) in [4.78, 5) is 17.0. The number of nitrogen functional groups attached to an aromatic ring is 1. The maximum Gasteiger partial charge on any atom is 0.195 e. The summed E-state index contributed by atoms with van der Waals surface area (Å²) >= 11 is 1.36. The largest absolute Gasteiger partial charge is 0.383 e. The normalized spacial score (nSPS) is 10.0. The number of nitriles is 2. The summed E-state index contributed by atoms with van der Waals surface area (Å²) in [6, 6.07) is 10.9. The molecule has 0 spiro atoms. The highest BCUT2D eigenvalue weighted by molar-refractivity contribution is 7.99. The van der Waals surface area contributed by atoms with Crippen molar-refractivity contribution in [1.29, 1.82) is 10.5 Å². The average molecular weight is 336 g/mol. The molecule has 0 amide bonds. The fraction of sp³-hybridized carbons (Fsp3) is 0.222. The van der Waals surface area contributed by atoms with Gasteiger partial charge in [0.05, 0.1) is 11.1 Å². The van der Waals surface area contributed by atoms with Crippen molar-refractivity contribution in [1.82, 2.24) is 4.98 Å². The van der Waals surface area contributed by atoms with Gasteiger partial charge in [0.25, 0.3) is 0 Å². The van der Waals surface area contributed by atoms with E-state index in [1.165, 1.54) is 11.8 Å². The van der Waals surface area contributed by atoms with E-state index in [2.05, 4.69) is 4.98 Å². The minimum atomic E-state index is -0.393. The SMILES string of the molecule is CCCSc1nc(N)c(C#N)c(C(=O)c2ccc(C)cc2)c1C#N. The summed E-state index contributed by atoms with van der Waals surface area (Å²) in [6.45, 7) is 3.92. The van der Waals surface area contributed by atoms with Gasteiger partial charge in [-0.05, 0) is 19.1 Å². The summed E-state index contributed by atoms with van der Waals surface area (Å²) in [5, 5.41) is 19.3. The lowest BCUT2D eigenvalue weighted by Crippen LogP contribution is -2.12. The first-order chi connectivity index (χ1) is 11.5. The van der Waals surface area contributed by atoms with Gasteiger partial charge in [-0.3, -0.25) is 4.79 Å². The minimum absolute atomic E-state index is 0.0226. The van der Waals surface area contributed by atoms with E-state index in [0.717, 1.165) is 17.7 Å². The number of nitrogens with zero attached hydrogens (tertiary/aromatic N) is 3. The van der Waals surface area contributed by atoms with E-state index in [9.17, 15) is 15.3 Å². The Bertz CT molecular complexity index is 861. The zero-order valence-corrected chi connectivity index (χ0v) is 14.3. The van der Waals surface area contributed by atoms with Gasteiger partial charge in [-0.2, -0.15) is 10.5 Å². The highest BCUT2D eigenvalue weighted by atomic mass is 32.2. The van der Waals surface area contributed by atoms with Crippen molar-refractivity contribution in [2.75, 3.05) is 11.5 Å². The Morgan fingerprint density at radius 3 is 2.38 bits per heavy atom. The van der Waals surface area contributed by atoms with E-state index in [0.29, 0.717) is 10.6 Å². The van der Waals surface area contributed by atoms with Gasteiger partial charge in [0.15, 0.2) is 5.78 Å². The molecule has 0 bridgehead atoms. The van der Waals surface area contributed by atoms with Crippen LogP contribution in [0.1, 0.15) is 46.0 Å². The zero-order valence-electron chi connectivity index (χ0n) is 13.5. The Morgan fingerprint density at radius 1 is 1.21 bits per heavy atom. The third-order valence-corrected chi connectivity index (χ3v) is 4.58. The number of ketones is 1. The molecule has 1 heterocycles. The standard InChI is InChI=1S/C18H16N4OS/c1-3-8-24-18-14(10-20)15(13(9-19)17(21)22-18)16(23)12-6-4-11(2)5-7-12/h4-7H,3,8H2,1-2H3,(H2,21,22). The number of carbonyl (C=O) groups excluding carboxylic acids is 1. The quantitative estimate of drug-likeness (QED) is 0.662. The second-order valence-corrected chi connectivity index (χ2v) is 6.28. The van der Waals surface area contributed by atoms with Crippen LogP contribution in [0, 0.1) is 29.6 Å². The molecule has 1 aromatic heterocycles. The van der Waals surface area contributed by atoms with Crippen molar-refractivity contribution in [3.8, 4) is 12.1 Å². The smallest absolute Gasteiger partial charge is 0.195 e. The molecule has 0 aliphatic carbocycles. The summed E-state index contributed by atoms with van der Waals surface area (Å²) in [7, 11) is 0. The Morgan fingerprint density at radius 2 is 1.83 bits per heavy atom. The number of rotatable bonds is 5. The molecule has 0 atom stereocenters. The third-order valence-electron chi connectivity index (χ3n) is 3.40. The van der Waals surface area contributed by atoms with Gasteiger partial charge in [-0.1, -0.05) is 36.8 Å². The summed E-state index contributed by atoms with van der Waals surface area (Å²) in [6.07, 6.45) is 0.887. The number of nitrogens with two attached hydrogens (primary N) is 1. The first-order valence-electron chi connectivity index (χ1n) is 7.41. The van der Waals surface area contributed by atoms with Gasteiger partial charge < -0.3 is 5.73 Å². The Labute approximate surface area is 145 Å². The number of hydrogen-bond donors (Lipinski definition) is 1. The lowest BCUT2D eigenvalue weighted by molar-refractivity contribution is 0.103. The average Bonchev–Trinajstić information content (AvgIpc) is 2.59. The lowest BCUT2D eigenvalue weighted by atomic mass is 9.95. The molecule has 0 fully saturated rings. The van der Waals surface area contributed by atoms with Crippen LogP contribution in [-0.2, 0) is 0 Å². The van der Waals surface area contributed by atoms with Gasteiger partial charge in [-0.25, -0.2) is 4.98 Å². The molecule has 24 heavy (non-hydrogen) atoms. The topological polar surface area (TPSA) is 104 Å². The van der Waals surface area contributed by atoms with Crippen LogP contribution in [0.15, 0.2) is 29.3 Å². The number of thioether (sulfide) groups is 1. The Kier molecular flexibility index (Phi) is 5.57. The summed E-state index contributed by atoms with van der Waals surface area (Å²) < 4.78 is 0. The van der Waals surface area contributed by atoms with E-state index in [-0.39, 0.29) is 22.5 Å². The predicted octanol–water partition coefficient (Wildman–Crippen LogP) is 3.45.